The number of aryl methyl sites for hydroxylation is 1. The van der Waals surface area contributed by atoms with E-state index in [2.05, 4.69) is 27.3 Å². The van der Waals surface area contributed by atoms with Gasteiger partial charge in [0.15, 0.2) is 0 Å². The average molecular weight is 328 g/mol. The highest BCUT2D eigenvalue weighted by molar-refractivity contribution is 9.11. The predicted octanol–water partition coefficient (Wildman–Crippen LogP) is 5.06. The Balaban J connectivity index is 1.59. The molecule has 1 saturated carbocycles. The molecule has 100 valence electrons. The van der Waals surface area contributed by atoms with Crippen molar-refractivity contribution in [3.05, 3.63) is 20.3 Å². The van der Waals surface area contributed by atoms with Gasteiger partial charge in [0.25, 0.3) is 0 Å². The fraction of sp³-hybridized carbons (Fsp3) is 0.733. The molecule has 0 radical (unpaired) electrons. The second kappa shape index (κ2) is 6.06. The molecule has 1 nitrogen and oxygen atoms in total. The molecule has 2 aliphatic carbocycles. The molecule has 1 aromatic heterocycles. The molecule has 1 atom stereocenters. The summed E-state index contributed by atoms with van der Waals surface area (Å²) in [6.45, 7) is 1.23. The van der Waals surface area contributed by atoms with Gasteiger partial charge in [-0.15, -0.1) is 11.3 Å². The first-order valence-corrected chi connectivity index (χ1v) is 8.95. The van der Waals surface area contributed by atoms with Crippen molar-refractivity contribution in [2.75, 3.05) is 6.54 Å². The van der Waals surface area contributed by atoms with E-state index < -0.39 is 0 Å². The lowest BCUT2D eigenvalue weighted by atomic mass is 9.88. The van der Waals surface area contributed by atoms with Crippen LogP contribution in [0.3, 0.4) is 0 Å². The van der Waals surface area contributed by atoms with Crippen LogP contribution in [0.5, 0.6) is 0 Å². The van der Waals surface area contributed by atoms with Crippen LogP contribution in [-0.2, 0) is 6.42 Å². The van der Waals surface area contributed by atoms with E-state index in [9.17, 15) is 0 Å². The Labute approximate surface area is 122 Å². The summed E-state index contributed by atoms with van der Waals surface area (Å²) in [4.78, 5) is 1.61. The van der Waals surface area contributed by atoms with Crippen LogP contribution in [0.4, 0.5) is 0 Å². The third-order valence-corrected chi connectivity index (χ3v) is 6.17. The van der Waals surface area contributed by atoms with Gasteiger partial charge in [0, 0.05) is 10.9 Å². The van der Waals surface area contributed by atoms with E-state index in [1.807, 2.05) is 11.3 Å². The summed E-state index contributed by atoms with van der Waals surface area (Å²) in [5, 5.41) is 3.85. The second-order valence-electron chi connectivity index (χ2n) is 5.79. The van der Waals surface area contributed by atoms with Crippen molar-refractivity contribution in [3.63, 3.8) is 0 Å². The van der Waals surface area contributed by atoms with E-state index >= 15 is 0 Å². The van der Waals surface area contributed by atoms with Crippen LogP contribution in [-0.4, -0.2) is 6.54 Å². The van der Waals surface area contributed by atoms with Crippen LogP contribution < -0.4 is 5.32 Å². The lowest BCUT2D eigenvalue weighted by molar-refractivity contribution is 0.320. The zero-order chi connectivity index (χ0) is 12.4. The van der Waals surface area contributed by atoms with E-state index in [0.717, 1.165) is 5.92 Å². The maximum absolute atomic E-state index is 3.85. The SMILES string of the molecule is Brc1cc2c(s1)CCCC2NCC1CCCCC1. The van der Waals surface area contributed by atoms with E-state index in [1.54, 1.807) is 10.4 Å². The fourth-order valence-corrected chi connectivity index (χ4v) is 5.25. The molecule has 0 saturated heterocycles. The Kier molecular flexibility index (Phi) is 4.42. The number of halogens is 1. The smallest absolute Gasteiger partial charge is 0.0704 e. The molecule has 3 heteroatoms. The first-order chi connectivity index (χ1) is 8.83. The number of hydrogen-bond donors (Lipinski definition) is 1. The molecule has 3 rings (SSSR count). The molecule has 1 fully saturated rings. The molecular weight excluding hydrogens is 306 g/mol. The molecular formula is C15H22BrNS. The number of hydrogen-bond acceptors (Lipinski definition) is 2. The molecule has 1 heterocycles. The fourth-order valence-electron chi connectivity index (χ4n) is 3.43. The minimum absolute atomic E-state index is 0.623. The Hall–Kier alpha value is 0.140. The van der Waals surface area contributed by atoms with Gasteiger partial charge in [-0.25, -0.2) is 0 Å². The minimum atomic E-state index is 0.623. The third kappa shape index (κ3) is 3.00. The first-order valence-electron chi connectivity index (χ1n) is 7.34. The van der Waals surface area contributed by atoms with Gasteiger partial charge < -0.3 is 5.32 Å². The van der Waals surface area contributed by atoms with Gasteiger partial charge in [0.2, 0.25) is 0 Å². The number of rotatable bonds is 3. The quantitative estimate of drug-likeness (QED) is 0.818. The van der Waals surface area contributed by atoms with Crippen molar-refractivity contribution in [3.8, 4) is 0 Å². The average Bonchev–Trinajstić information content (AvgIpc) is 2.78. The molecule has 0 aromatic carbocycles. The van der Waals surface area contributed by atoms with Gasteiger partial charge in [0.05, 0.1) is 3.79 Å². The Morgan fingerprint density at radius 2 is 2.00 bits per heavy atom. The van der Waals surface area contributed by atoms with E-state index in [0.29, 0.717) is 6.04 Å². The first kappa shape index (κ1) is 13.1. The minimum Gasteiger partial charge on any atom is -0.310 e. The number of fused-ring (bicyclic) bond motifs is 1. The Morgan fingerprint density at radius 1 is 1.17 bits per heavy atom. The highest BCUT2D eigenvalue weighted by Crippen LogP contribution is 2.38. The van der Waals surface area contributed by atoms with Crippen LogP contribution in [0.2, 0.25) is 0 Å². The highest BCUT2D eigenvalue weighted by atomic mass is 79.9. The van der Waals surface area contributed by atoms with Crippen LogP contribution in [0.15, 0.2) is 9.85 Å². The summed E-state index contributed by atoms with van der Waals surface area (Å²) in [6.07, 6.45) is 11.2. The number of nitrogens with one attached hydrogen (secondary N) is 1. The van der Waals surface area contributed by atoms with Crippen molar-refractivity contribution in [1.82, 2.24) is 5.32 Å². The molecule has 0 bridgehead atoms. The highest BCUT2D eigenvalue weighted by Gasteiger charge is 2.23. The molecule has 18 heavy (non-hydrogen) atoms. The molecule has 2 aliphatic rings. The summed E-state index contributed by atoms with van der Waals surface area (Å²) >= 11 is 5.57. The monoisotopic (exact) mass is 327 g/mol. The summed E-state index contributed by atoms with van der Waals surface area (Å²) < 4.78 is 1.30. The second-order valence-corrected chi connectivity index (χ2v) is 8.30. The van der Waals surface area contributed by atoms with Gasteiger partial charge in [-0.05, 0) is 72.1 Å². The van der Waals surface area contributed by atoms with Crippen LogP contribution in [0, 0.1) is 5.92 Å². The Bertz CT molecular complexity index is 395. The van der Waals surface area contributed by atoms with Gasteiger partial charge in [-0.3, -0.25) is 0 Å². The molecule has 1 N–H and O–H groups in total. The molecule has 0 spiro atoms. The molecule has 0 amide bonds. The maximum Gasteiger partial charge on any atom is 0.0704 e. The molecule has 1 unspecified atom stereocenters. The largest absolute Gasteiger partial charge is 0.310 e. The molecule has 0 aliphatic heterocycles. The summed E-state index contributed by atoms with van der Waals surface area (Å²) in [5.41, 5.74) is 1.58. The van der Waals surface area contributed by atoms with Crippen molar-refractivity contribution >= 4 is 27.3 Å². The van der Waals surface area contributed by atoms with Crippen molar-refractivity contribution in [1.29, 1.82) is 0 Å². The van der Waals surface area contributed by atoms with Gasteiger partial charge in [-0.1, -0.05) is 19.3 Å². The third-order valence-electron chi connectivity index (χ3n) is 4.46. The zero-order valence-corrected chi connectivity index (χ0v) is 13.3. The van der Waals surface area contributed by atoms with Crippen molar-refractivity contribution in [2.24, 2.45) is 5.92 Å². The normalized spacial score (nSPS) is 25.1. The molecule has 1 aromatic rings. The summed E-state index contributed by atoms with van der Waals surface area (Å²) in [7, 11) is 0. The van der Waals surface area contributed by atoms with Crippen molar-refractivity contribution in [2.45, 2.75) is 57.4 Å². The van der Waals surface area contributed by atoms with Crippen LogP contribution in [0.25, 0.3) is 0 Å². The van der Waals surface area contributed by atoms with Crippen molar-refractivity contribution < 1.29 is 0 Å². The van der Waals surface area contributed by atoms with Crippen LogP contribution in [0.1, 0.15) is 61.4 Å². The lowest BCUT2D eigenvalue weighted by Crippen LogP contribution is -2.30. The zero-order valence-electron chi connectivity index (χ0n) is 10.9. The van der Waals surface area contributed by atoms with Gasteiger partial charge in [-0.2, -0.15) is 0 Å². The van der Waals surface area contributed by atoms with E-state index in [-0.39, 0.29) is 0 Å². The Morgan fingerprint density at radius 3 is 2.83 bits per heavy atom. The lowest BCUT2D eigenvalue weighted by Gasteiger charge is -2.28. The summed E-state index contributed by atoms with van der Waals surface area (Å²) in [6, 6.07) is 2.97. The van der Waals surface area contributed by atoms with Crippen LogP contribution >= 0.6 is 27.3 Å². The van der Waals surface area contributed by atoms with Gasteiger partial charge in [0.1, 0.15) is 0 Å². The van der Waals surface area contributed by atoms with E-state index in [1.165, 1.54) is 61.7 Å². The summed E-state index contributed by atoms with van der Waals surface area (Å²) in [5.74, 6) is 0.936. The standard InChI is InChI=1S/C15H22BrNS/c16-15-9-12-13(7-4-8-14(12)18-15)17-10-11-5-2-1-3-6-11/h9,11,13,17H,1-8,10H2. The van der Waals surface area contributed by atoms with E-state index in [4.69, 9.17) is 0 Å². The predicted molar refractivity (Wildman–Crippen MR) is 82.3 cm³/mol. The maximum atomic E-state index is 3.85. The van der Waals surface area contributed by atoms with Gasteiger partial charge >= 0.3 is 0 Å². The number of thiophene rings is 1. The topological polar surface area (TPSA) is 12.0 Å².